The highest BCUT2D eigenvalue weighted by molar-refractivity contribution is 5.88. The normalized spacial score (nSPS) is 14.1. The van der Waals surface area contributed by atoms with E-state index in [4.69, 9.17) is 0 Å². The van der Waals surface area contributed by atoms with Crippen molar-refractivity contribution in [1.29, 1.82) is 0 Å². The maximum Gasteiger partial charge on any atom is 0.224 e. The average molecular weight is 300 g/mol. The molecule has 2 N–H and O–H groups in total. The molecule has 4 nitrogen and oxygen atoms in total. The zero-order valence-corrected chi connectivity index (χ0v) is 13.2. The number of rotatable bonds is 6. The number of carbonyl (C=O) groups excluding carboxylic acids is 2. The first-order valence-corrected chi connectivity index (χ1v) is 7.94. The lowest BCUT2D eigenvalue weighted by molar-refractivity contribution is -0.120. The molecule has 118 valence electrons. The molecule has 0 aromatic heterocycles. The number of nitrogens with one attached hydrogen (secondary N) is 2. The third kappa shape index (κ3) is 5.72. The lowest BCUT2D eigenvalue weighted by Crippen LogP contribution is -2.26. The second-order valence-corrected chi connectivity index (χ2v) is 5.76. The fourth-order valence-corrected chi connectivity index (χ4v) is 2.65. The van der Waals surface area contributed by atoms with Gasteiger partial charge in [0.25, 0.3) is 0 Å². The molecule has 1 aromatic carbocycles. The Morgan fingerprint density at radius 3 is 2.55 bits per heavy atom. The smallest absolute Gasteiger partial charge is 0.224 e. The minimum absolute atomic E-state index is 0.0451. The van der Waals surface area contributed by atoms with Gasteiger partial charge >= 0.3 is 0 Å². The Morgan fingerprint density at radius 2 is 1.91 bits per heavy atom. The molecule has 0 unspecified atom stereocenters. The molecule has 22 heavy (non-hydrogen) atoms. The van der Waals surface area contributed by atoms with Gasteiger partial charge in [-0.3, -0.25) is 9.59 Å². The summed E-state index contributed by atoms with van der Waals surface area (Å²) in [6, 6.07) is 7.37. The Balaban J connectivity index is 1.72. The van der Waals surface area contributed by atoms with Crippen LogP contribution in [0.25, 0.3) is 0 Å². The molecule has 0 aliphatic heterocycles. The summed E-state index contributed by atoms with van der Waals surface area (Å²) in [7, 11) is 0. The highest BCUT2D eigenvalue weighted by atomic mass is 16.2. The number of hydrogen-bond acceptors (Lipinski definition) is 2. The van der Waals surface area contributed by atoms with Crippen molar-refractivity contribution in [3.8, 4) is 0 Å². The molecule has 1 aromatic rings. The highest BCUT2D eigenvalue weighted by Gasteiger charge is 2.06. The van der Waals surface area contributed by atoms with Gasteiger partial charge in [0.15, 0.2) is 0 Å². The van der Waals surface area contributed by atoms with Crippen molar-refractivity contribution in [1.82, 2.24) is 5.32 Å². The van der Waals surface area contributed by atoms with Gasteiger partial charge in [-0.2, -0.15) is 0 Å². The van der Waals surface area contributed by atoms with Crippen LogP contribution in [-0.2, 0) is 16.0 Å². The van der Waals surface area contributed by atoms with E-state index in [-0.39, 0.29) is 11.8 Å². The third-order valence-electron chi connectivity index (χ3n) is 3.79. The van der Waals surface area contributed by atoms with Crippen LogP contribution in [0.4, 0.5) is 5.69 Å². The van der Waals surface area contributed by atoms with Crippen LogP contribution in [-0.4, -0.2) is 18.4 Å². The topological polar surface area (TPSA) is 58.2 Å². The lowest BCUT2D eigenvalue weighted by atomic mass is 9.97. The van der Waals surface area contributed by atoms with Crippen molar-refractivity contribution in [3.05, 3.63) is 41.5 Å². The van der Waals surface area contributed by atoms with E-state index >= 15 is 0 Å². The number of carbonyl (C=O) groups is 2. The first kappa shape index (κ1) is 16.3. The minimum Gasteiger partial charge on any atom is -0.355 e. The van der Waals surface area contributed by atoms with Crippen molar-refractivity contribution >= 4 is 17.5 Å². The average Bonchev–Trinajstić information content (AvgIpc) is 2.50. The van der Waals surface area contributed by atoms with E-state index < -0.39 is 0 Å². The van der Waals surface area contributed by atoms with Gasteiger partial charge in [-0.05, 0) is 49.8 Å². The first-order valence-electron chi connectivity index (χ1n) is 7.94. The molecule has 0 fully saturated rings. The predicted octanol–water partition coefficient (Wildman–Crippen LogP) is 3.19. The fourth-order valence-electron chi connectivity index (χ4n) is 2.65. The summed E-state index contributed by atoms with van der Waals surface area (Å²) < 4.78 is 0. The molecule has 4 heteroatoms. The fraction of sp³-hybridized carbons (Fsp3) is 0.444. The quantitative estimate of drug-likeness (QED) is 0.793. The standard InChI is InChI=1S/C18H24N2O2/c1-14(21)20-17-9-7-16(8-10-17)13-18(22)19-12-11-15-5-3-2-4-6-15/h5,7-10H,2-4,6,11-13H2,1H3,(H,19,22)(H,20,21). The van der Waals surface area contributed by atoms with Gasteiger partial charge in [-0.15, -0.1) is 0 Å². The second-order valence-electron chi connectivity index (χ2n) is 5.76. The largest absolute Gasteiger partial charge is 0.355 e. The van der Waals surface area contributed by atoms with Crippen molar-refractivity contribution in [2.75, 3.05) is 11.9 Å². The molecular weight excluding hydrogens is 276 g/mol. The van der Waals surface area contributed by atoms with E-state index in [1.165, 1.54) is 38.2 Å². The summed E-state index contributed by atoms with van der Waals surface area (Å²) in [4.78, 5) is 22.9. The van der Waals surface area contributed by atoms with Crippen molar-refractivity contribution in [2.24, 2.45) is 0 Å². The lowest BCUT2D eigenvalue weighted by Gasteiger charge is -2.13. The van der Waals surface area contributed by atoms with Crippen LogP contribution in [0.2, 0.25) is 0 Å². The first-order chi connectivity index (χ1) is 10.6. The summed E-state index contributed by atoms with van der Waals surface area (Å²) in [5.74, 6) is -0.0498. The SMILES string of the molecule is CC(=O)Nc1ccc(CC(=O)NCCC2=CCCCC2)cc1. The molecule has 0 saturated heterocycles. The molecule has 1 aliphatic rings. The summed E-state index contributed by atoms with van der Waals surface area (Å²) in [5.41, 5.74) is 3.18. The third-order valence-corrected chi connectivity index (χ3v) is 3.79. The molecule has 1 aliphatic carbocycles. The van der Waals surface area contributed by atoms with Crippen LogP contribution in [0.1, 0.15) is 44.6 Å². The summed E-state index contributed by atoms with van der Waals surface area (Å²) in [5, 5.41) is 5.69. The Hall–Kier alpha value is -2.10. The number of allylic oxidation sites excluding steroid dienone is 1. The molecule has 0 radical (unpaired) electrons. The molecule has 0 heterocycles. The zero-order chi connectivity index (χ0) is 15.8. The van der Waals surface area contributed by atoms with Gasteiger partial charge in [0, 0.05) is 19.2 Å². The summed E-state index contributed by atoms with van der Waals surface area (Å²) >= 11 is 0. The summed E-state index contributed by atoms with van der Waals surface area (Å²) in [6.07, 6.45) is 8.60. The maximum absolute atomic E-state index is 11.9. The zero-order valence-electron chi connectivity index (χ0n) is 13.2. The minimum atomic E-state index is -0.0949. The van der Waals surface area contributed by atoms with Crippen LogP contribution in [0.5, 0.6) is 0 Å². The number of benzene rings is 1. The van der Waals surface area contributed by atoms with Crippen LogP contribution in [0, 0.1) is 0 Å². The molecule has 0 bridgehead atoms. The van der Waals surface area contributed by atoms with Gasteiger partial charge < -0.3 is 10.6 Å². The predicted molar refractivity (Wildman–Crippen MR) is 88.6 cm³/mol. The van der Waals surface area contributed by atoms with Crippen LogP contribution >= 0.6 is 0 Å². The van der Waals surface area contributed by atoms with E-state index in [1.54, 1.807) is 0 Å². The second kappa shape index (κ2) is 8.37. The molecule has 2 rings (SSSR count). The van der Waals surface area contributed by atoms with Crippen LogP contribution < -0.4 is 10.6 Å². The molecule has 0 saturated carbocycles. The van der Waals surface area contributed by atoms with Gasteiger partial charge in [-0.25, -0.2) is 0 Å². The van der Waals surface area contributed by atoms with Crippen LogP contribution in [0.15, 0.2) is 35.9 Å². The van der Waals surface area contributed by atoms with E-state index in [1.807, 2.05) is 24.3 Å². The molecule has 0 spiro atoms. The molecule has 2 amide bonds. The van der Waals surface area contributed by atoms with Gasteiger partial charge in [0.05, 0.1) is 6.42 Å². The van der Waals surface area contributed by atoms with Crippen molar-refractivity contribution in [3.63, 3.8) is 0 Å². The number of amides is 2. The highest BCUT2D eigenvalue weighted by Crippen LogP contribution is 2.19. The molecular formula is C18H24N2O2. The Bertz CT molecular complexity index is 547. The molecule has 0 atom stereocenters. The Morgan fingerprint density at radius 1 is 1.14 bits per heavy atom. The number of hydrogen-bond donors (Lipinski definition) is 2. The van der Waals surface area contributed by atoms with E-state index in [0.29, 0.717) is 13.0 Å². The van der Waals surface area contributed by atoms with E-state index in [2.05, 4.69) is 16.7 Å². The van der Waals surface area contributed by atoms with Crippen LogP contribution in [0.3, 0.4) is 0 Å². The Kier molecular flexibility index (Phi) is 6.19. The summed E-state index contributed by atoms with van der Waals surface area (Å²) in [6.45, 7) is 2.19. The maximum atomic E-state index is 11.9. The van der Waals surface area contributed by atoms with Gasteiger partial charge in [-0.1, -0.05) is 23.8 Å². The number of anilines is 1. The van der Waals surface area contributed by atoms with Gasteiger partial charge in [0.1, 0.15) is 0 Å². The van der Waals surface area contributed by atoms with E-state index in [0.717, 1.165) is 17.7 Å². The Labute approximate surface area is 132 Å². The van der Waals surface area contributed by atoms with Gasteiger partial charge in [0.2, 0.25) is 11.8 Å². The monoisotopic (exact) mass is 300 g/mol. The van der Waals surface area contributed by atoms with E-state index in [9.17, 15) is 9.59 Å². The van der Waals surface area contributed by atoms with Crippen molar-refractivity contribution < 1.29 is 9.59 Å². The van der Waals surface area contributed by atoms with Crippen molar-refractivity contribution in [2.45, 2.75) is 45.4 Å².